The van der Waals surface area contributed by atoms with E-state index in [0.29, 0.717) is 5.92 Å². The van der Waals surface area contributed by atoms with Gasteiger partial charge < -0.3 is 10.2 Å². The Labute approximate surface area is 75.6 Å². The number of aliphatic hydroxyl groups is 2. The van der Waals surface area contributed by atoms with E-state index >= 15 is 0 Å². The summed E-state index contributed by atoms with van der Waals surface area (Å²) in [6.07, 6.45) is 6.62. The number of rotatable bonds is 8. The highest BCUT2D eigenvalue weighted by Crippen LogP contribution is 2.14. The fourth-order valence-electron chi connectivity index (χ4n) is 1.39. The zero-order chi connectivity index (χ0) is 9.23. The highest BCUT2D eigenvalue weighted by Gasteiger charge is 2.05. The lowest BCUT2D eigenvalue weighted by Gasteiger charge is -2.12. The summed E-state index contributed by atoms with van der Waals surface area (Å²) in [4.78, 5) is 0. The van der Waals surface area contributed by atoms with E-state index < -0.39 is 0 Å². The van der Waals surface area contributed by atoms with Gasteiger partial charge in [0.25, 0.3) is 0 Å². The highest BCUT2D eigenvalue weighted by molar-refractivity contribution is 4.57. The van der Waals surface area contributed by atoms with E-state index in [9.17, 15) is 0 Å². The van der Waals surface area contributed by atoms with Gasteiger partial charge in [0.1, 0.15) is 0 Å². The molecule has 0 aromatic carbocycles. The van der Waals surface area contributed by atoms with Gasteiger partial charge in [-0.05, 0) is 25.2 Å². The Bertz CT molecular complexity index is 83.9. The molecule has 0 rings (SSSR count). The molecular weight excluding hydrogens is 152 g/mol. The molecule has 0 aliphatic heterocycles. The first-order valence-electron chi connectivity index (χ1n) is 5.06. The zero-order valence-electron chi connectivity index (χ0n) is 8.13. The predicted molar refractivity (Wildman–Crippen MR) is 51.0 cm³/mol. The SMILES string of the molecule is CCCCCC(CO)CCCO. The van der Waals surface area contributed by atoms with E-state index in [4.69, 9.17) is 10.2 Å². The molecule has 74 valence electrons. The Morgan fingerprint density at radius 2 is 1.67 bits per heavy atom. The molecule has 0 aliphatic carbocycles. The number of hydrogen-bond donors (Lipinski definition) is 2. The summed E-state index contributed by atoms with van der Waals surface area (Å²) in [7, 11) is 0. The fourth-order valence-corrected chi connectivity index (χ4v) is 1.39. The lowest BCUT2D eigenvalue weighted by atomic mass is 9.97. The van der Waals surface area contributed by atoms with Crippen LogP contribution in [0.2, 0.25) is 0 Å². The highest BCUT2D eigenvalue weighted by atomic mass is 16.3. The third kappa shape index (κ3) is 6.62. The van der Waals surface area contributed by atoms with Crippen LogP contribution in [0.25, 0.3) is 0 Å². The molecule has 1 atom stereocenters. The molecule has 0 saturated carbocycles. The van der Waals surface area contributed by atoms with Crippen LogP contribution in [0.4, 0.5) is 0 Å². The summed E-state index contributed by atoms with van der Waals surface area (Å²) >= 11 is 0. The summed E-state index contributed by atoms with van der Waals surface area (Å²) in [5.74, 6) is 0.420. The minimum Gasteiger partial charge on any atom is -0.396 e. The molecule has 0 heterocycles. The standard InChI is InChI=1S/C10H22O2/c1-2-3-4-6-10(9-12)7-5-8-11/h10-12H,2-9H2,1H3. The molecule has 0 saturated heterocycles. The van der Waals surface area contributed by atoms with Crippen molar-refractivity contribution in [3.63, 3.8) is 0 Å². The first kappa shape index (κ1) is 11.9. The molecule has 0 fully saturated rings. The predicted octanol–water partition coefficient (Wildman–Crippen LogP) is 1.95. The van der Waals surface area contributed by atoms with Crippen molar-refractivity contribution >= 4 is 0 Å². The molecule has 0 aliphatic rings. The average Bonchev–Trinajstić information content (AvgIpc) is 2.11. The molecule has 1 unspecified atom stereocenters. The molecule has 12 heavy (non-hydrogen) atoms. The monoisotopic (exact) mass is 174 g/mol. The molecule has 0 radical (unpaired) electrons. The van der Waals surface area contributed by atoms with E-state index in [0.717, 1.165) is 19.3 Å². The third-order valence-electron chi connectivity index (χ3n) is 2.24. The van der Waals surface area contributed by atoms with Crippen LogP contribution in [0.1, 0.15) is 45.4 Å². The van der Waals surface area contributed by atoms with Gasteiger partial charge in [-0.2, -0.15) is 0 Å². The van der Waals surface area contributed by atoms with Crippen molar-refractivity contribution in [1.29, 1.82) is 0 Å². The fraction of sp³-hybridized carbons (Fsp3) is 1.00. The van der Waals surface area contributed by atoms with Crippen LogP contribution in [-0.2, 0) is 0 Å². The van der Waals surface area contributed by atoms with Gasteiger partial charge in [-0.25, -0.2) is 0 Å². The molecule has 0 bridgehead atoms. The summed E-state index contributed by atoms with van der Waals surface area (Å²) < 4.78 is 0. The maximum atomic E-state index is 8.97. The van der Waals surface area contributed by atoms with Crippen LogP contribution in [0.3, 0.4) is 0 Å². The molecule has 2 nitrogen and oxygen atoms in total. The molecular formula is C10H22O2. The second kappa shape index (κ2) is 9.01. The van der Waals surface area contributed by atoms with Crippen LogP contribution < -0.4 is 0 Å². The number of unbranched alkanes of at least 4 members (excludes halogenated alkanes) is 2. The van der Waals surface area contributed by atoms with Crippen molar-refractivity contribution in [1.82, 2.24) is 0 Å². The molecule has 2 N–H and O–H groups in total. The van der Waals surface area contributed by atoms with E-state index in [1.54, 1.807) is 0 Å². The largest absolute Gasteiger partial charge is 0.396 e. The van der Waals surface area contributed by atoms with Crippen LogP contribution >= 0.6 is 0 Å². The first-order chi connectivity index (χ1) is 5.85. The van der Waals surface area contributed by atoms with E-state index in [2.05, 4.69) is 6.92 Å². The first-order valence-corrected chi connectivity index (χ1v) is 5.06. The lowest BCUT2D eigenvalue weighted by molar-refractivity contribution is 0.192. The van der Waals surface area contributed by atoms with E-state index in [1.807, 2.05) is 0 Å². The normalized spacial score (nSPS) is 13.2. The number of hydrogen-bond acceptors (Lipinski definition) is 2. The van der Waals surface area contributed by atoms with Gasteiger partial charge in [0.2, 0.25) is 0 Å². The van der Waals surface area contributed by atoms with E-state index in [1.165, 1.54) is 19.3 Å². The molecule has 0 aromatic heterocycles. The molecule has 2 heteroatoms. The molecule has 0 amide bonds. The Kier molecular flexibility index (Phi) is 8.95. The summed E-state index contributed by atoms with van der Waals surface area (Å²) in [6, 6.07) is 0. The lowest BCUT2D eigenvalue weighted by Crippen LogP contribution is -2.06. The average molecular weight is 174 g/mol. The van der Waals surface area contributed by atoms with Crippen molar-refractivity contribution in [3.8, 4) is 0 Å². The number of aliphatic hydroxyl groups excluding tert-OH is 2. The smallest absolute Gasteiger partial charge is 0.0459 e. The Morgan fingerprint density at radius 1 is 1.00 bits per heavy atom. The third-order valence-corrected chi connectivity index (χ3v) is 2.24. The van der Waals surface area contributed by atoms with Crippen LogP contribution in [0.15, 0.2) is 0 Å². The van der Waals surface area contributed by atoms with Gasteiger partial charge in [0, 0.05) is 13.2 Å². The minimum absolute atomic E-state index is 0.254. The maximum Gasteiger partial charge on any atom is 0.0459 e. The Balaban J connectivity index is 3.26. The van der Waals surface area contributed by atoms with Crippen molar-refractivity contribution < 1.29 is 10.2 Å². The van der Waals surface area contributed by atoms with Gasteiger partial charge in [0.05, 0.1) is 0 Å². The topological polar surface area (TPSA) is 40.5 Å². The minimum atomic E-state index is 0.254. The van der Waals surface area contributed by atoms with Crippen LogP contribution in [0, 0.1) is 5.92 Å². The van der Waals surface area contributed by atoms with E-state index in [-0.39, 0.29) is 13.2 Å². The van der Waals surface area contributed by atoms with Gasteiger partial charge in [-0.3, -0.25) is 0 Å². The second-order valence-corrected chi connectivity index (χ2v) is 3.41. The van der Waals surface area contributed by atoms with Crippen molar-refractivity contribution in [2.24, 2.45) is 5.92 Å². The van der Waals surface area contributed by atoms with Gasteiger partial charge >= 0.3 is 0 Å². The van der Waals surface area contributed by atoms with Crippen LogP contribution in [0.5, 0.6) is 0 Å². The van der Waals surface area contributed by atoms with Crippen LogP contribution in [-0.4, -0.2) is 23.4 Å². The van der Waals surface area contributed by atoms with Gasteiger partial charge in [-0.1, -0.05) is 26.2 Å². The Hall–Kier alpha value is -0.0800. The van der Waals surface area contributed by atoms with Crippen molar-refractivity contribution in [3.05, 3.63) is 0 Å². The van der Waals surface area contributed by atoms with Gasteiger partial charge in [0.15, 0.2) is 0 Å². The molecule has 0 aromatic rings. The molecule has 0 spiro atoms. The summed E-state index contributed by atoms with van der Waals surface area (Å²) in [5, 5.41) is 17.6. The Morgan fingerprint density at radius 3 is 2.17 bits per heavy atom. The van der Waals surface area contributed by atoms with Gasteiger partial charge in [-0.15, -0.1) is 0 Å². The maximum absolute atomic E-state index is 8.97. The van der Waals surface area contributed by atoms with Crippen molar-refractivity contribution in [2.45, 2.75) is 45.4 Å². The second-order valence-electron chi connectivity index (χ2n) is 3.41. The summed E-state index contributed by atoms with van der Waals surface area (Å²) in [6.45, 7) is 2.72. The summed E-state index contributed by atoms with van der Waals surface area (Å²) in [5.41, 5.74) is 0. The quantitative estimate of drug-likeness (QED) is 0.552. The zero-order valence-corrected chi connectivity index (χ0v) is 8.13. The van der Waals surface area contributed by atoms with Crippen molar-refractivity contribution in [2.75, 3.05) is 13.2 Å².